The first-order chi connectivity index (χ1) is 7.35. The van der Waals surface area contributed by atoms with Gasteiger partial charge in [0.15, 0.2) is 0 Å². The minimum atomic E-state index is -3.64. The zero-order valence-electron chi connectivity index (χ0n) is 9.34. The molecule has 0 saturated carbocycles. The maximum Gasteiger partial charge on any atom is 0.246 e. The van der Waals surface area contributed by atoms with Crippen molar-refractivity contribution in [3.63, 3.8) is 0 Å². The summed E-state index contributed by atoms with van der Waals surface area (Å²) in [7, 11) is -2.19. The molecule has 0 unspecified atom stereocenters. The fraction of sp³-hybridized carbons (Fsp3) is 0.273. The van der Waals surface area contributed by atoms with Gasteiger partial charge in [-0.2, -0.15) is 4.31 Å². The average molecular weight is 241 g/mol. The highest BCUT2D eigenvalue weighted by atomic mass is 32.2. The van der Waals surface area contributed by atoms with Crippen LogP contribution in [0.2, 0.25) is 0 Å². The van der Waals surface area contributed by atoms with Gasteiger partial charge in [-0.15, -0.1) is 0 Å². The summed E-state index contributed by atoms with van der Waals surface area (Å²) >= 11 is 0. The Morgan fingerprint density at radius 3 is 2.50 bits per heavy atom. The predicted molar refractivity (Wildman–Crippen MR) is 62.7 cm³/mol. The highest BCUT2D eigenvalue weighted by molar-refractivity contribution is 7.89. The van der Waals surface area contributed by atoms with Crippen molar-refractivity contribution in [3.8, 4) is 5.75 Å². The van der Waals surface area contributed by atoms with E-state index in [1.54, 1.807) is 19.1 Å². The van der Waals surface area contributed by atoms with Crippen molar-refractivity contribution in [2.24, 2.45) is 0 Å². The van der Waals surface area contributed by atoms with Gasteiger partial charge in [0.2, 0.25) is 10.0 Å². The molecule has 0 aliphatic carbocycles. The molecule has 4 nitrogen and oxygen atoms in total. The zero-order valence-corrected chi connectivity index (χ0v) is 10.2. The molecule has 0 radical (unpaired) electrons. The Hall–Kier alpha value is -1.33. The van der Waals surface area contributed by atoms with Crippen LogP contribution in [-0.2, 0) is 10.0 Å². The van der Waals surface area contributed by atoms with E-state index in [0.717, 1.165) is 9.88 Å². The number of hydrogen-bond acceptors (Lipinski definition) is 3. The first kappa shape index (κ1) is 12.7. The summed E-state index contributed by atoms with van der Waals surface area (Å²) in [6, 6.07) is 5.87. The van der Waals surface area contributed by atoms with E-state index < -0.39 is 10.0 Å². The highest BCUT2D eigenvalue weighted by Gasteiger charge is 2.23. The van der Waals surface area contributed by atoms with Gasteiger partial charge in [-0.25, -0.2) is 8.42 Å². The van der Waals surface area contributed by atoms with Crippen LogP contribution in [0.3, 0.4) is 0 Å². The summed E-state index contributed by atoms with van der Waals surface area (Å²) in [5, 5.41) is 9.50. The van der Waals surface area contributed by atoms with Crippen molar-refractivity contribution in [1.82, 2.24) is 4.31 Å². The lowest BCUT2D eigenvalue weighted by Gasteiger charge is -2.17. The van der Waals surface area contributed by atoms with Crippen LogP contribution in [0, 0.1) is 0 Å². The number of rotatable bonds is 4. The van der Waals surface area contributed by atoms with Gasteiger partial charge in [0.25, 0.3) is 0 Å². The summed E-state index contributed by atoms with van der Waals surface area (Å²) in [4.78, 5) is -0.0845. The molecule has 5 heteroatoms. The molecule has 1 N–H and O–H groups in total. The molecule has 0 fully saturated rings. The number of nitrogens with zero attached hydrogens (tertiary/aromatic N) is 1. The Bertz CT molecular complexity index is 494. The minimum absolute atomic E-state index is 0.0845. The Morgan fingerprint density at radius 2 is 2.00 bits per heavy atom. The van der Waals surface area contributed by atoms with Crippen LogP contribution >= 0.6 is 0 Å². The second kappa shape index (κ2) is 4.67. The second-order valence-corrected chi connectivity index (χ2v) is 5.70. The number of hydrogen-bond donors (Lipinski definition) is 1. The minimum Gasteiger partial charge on any atom is -0.507 e. The van der Waals surface area contributed by atoms with Crippen molar-refractivity contribution < 1.29 is 13.5 Å². The van der Waals surface area contributed by atoms with E-state index in [4.69, 9.17) is 0 Å². The van der Waals surface area contributed by atoms with Crippen LogP contribution < -0.4 is 0 Å². The highest BCUT2D eigenvalue weighted by Crippen LogP contribution is 2.24. The average Bonchev–Trinajstić information content (AvgIpc) is 2.16. The predicted octanol–water partition coefficient (Wildman–Crippen LogP) is 1.59. The molecule has 1 aromatic carbocycles. The summed E-state index contributed by atoms with van der Waals surface area (Å²) in [6.07, 6.45) is 0. The van der Waals surface area contributed by atoms with Gasteiger partial charge >= 0.3 is 0 Å². The van der Waals surface area contributed by atoms with E-state index in [-0.39, 0.29) is 17.2 Å². The zero-order chi connectivity index (χ0) is 12.3. The number of sulfonamides is 1. The maximum atomic E-state index is 12.0. The first-order valence-electron chi connectivity index (χ1n) is 4.74. The van der Waals surface area contributed by atoms with Gasteiger partial charge in [0.05, 0.1) is 0 Å². The normalized spacial score (nSPS) is 11.7. The standard InChI is InChI=1S/C11H15NO3S/c1-9(2)8-12(3)16(14,15)11-7-5-4-6-10(11)13/h4-7,13H,1,8H2,2-3H3. The number of para-hydroxylation sites is 1. The van der Waals surface area contributed by atoms with E-state index >= 15 is 0 Å². The van der Waals surface area contributed by atoms with E-state index in [1.807, 2.05) is 0 Å². The number of phenolic OH excluding ortho intramolecular Hbond substituents is 1. The van der Waals surface area contributed by atoms with Gasteiger partial charge in [0.1, 0.15) is 10.6 Å². The SMILES string of the molecule is C=C(C)CN(C)S(=O)(=O)c1ccccc1O. The van der Waals surface area contributed by atoms with Crippen molar-refractivity contribution in [1.29, 1.82) is 0 Å². The molecular formula is C11H15NO3S. The molecule has 0 heterocycles. The Balaban J connectivity index is 3.12. The molecule has 16 heavy (non-hydrogen) atoms. The molecule has 0 aliphatic heterocycles. The molecule has 0 saturated heterocycles. The second-order valence-electron chi connectivity index (χ2n) is 3.69. The van der Waals surface area contributed by atoms with Gasteiger partial charge in [-0.1, -0.05) is 24.3 Å². The van der Waals surface area contributed by atoms with Gasteiger partial charge in [-0.3, -0.25) is 0 Å². The number of benzene rings is 1. The third-order valence-electron chi connectivity index (χ3n) is 2.05. The number of likely N-dealkylation sites (N-methyl/N-ethyl adjacent to an activating group) is 1. The van der Waals surface area contributed by atoms with Crippen molar-refractivity contribution >= 4 is 10.0 Å². The fourth-order valence-corrected chi connectivity index (χ4v) is 2.62. The molecule has 1 rings (SSSR count). The molecule has 88 valence electrons. The van der Waals surface area contributed by atoms with E-state index in [1.165, 1.54) is 19.2 Å². The van der Waals surface area contributed by atoms with Gasteiger partial charge in [-0.05, 0) is 19.1 Å². The van der Waals surface area contributed by atoms with Crippen molar-refractivity contribution in [2.45, 2.75) is 11.8 Å². The lowest BCUT2D eigenvalue weighted by atomic mass is 10.3. The molecule has 0 spiro atoms. The summed E-state index contributed by atoms with van der Waals surface area (Å²) in [5.74, 6) is -0.240. The van der Waals surface area contributed by atoms with Crippen LogP contribution in [0.5, 0.6) is 5.75 Å². The van der Waals surface area contributed by atoms with E-state index in [9.17, 15) is 13.5 Å². The monoisotopic (exact) mass is 241 g/mol. The first-order valence-corrected chi connectivity index (χ1v) is 6.18. The quantitative estimate of drug-likeness (QED) is 0.814. The lowest BCUT2D eigenvalue weighted by Crippen LogP contribution is -2.28. The molecule has 1 aromatic rings. The number of aromatic hydroxyl groups is 1. The third-order valence-corrected chi connectivity index (χ3v) is 3.90. The molecule has 0 aromatic heterocycles. The number of phenols is 1. The van der Waals surface area contributed by atoms with Crippen molar-refractivity contribution in [2.75, 3.05) is 13.6 Å². The molecule has 0 amide bonds. The summed E-state index contributed by atoms with van der Waals surface area (Å²) in [6.45, 7) is 5.64. The van der Waals surface area contributed by atoms with Crippen LogP contribution in [0.1, 0.15) is 6.92 Å². The van der Waals surface area contributed by atoms with Crippen LogP contribution in [-0.4, -0.2) is 31.4 Å². The van der Waals surface area contributed by atoms with Crippen LogP contribution in [0.15, 0.2) is 41.3 Å². The fourth-order valence-electron chi connectivity index (χ4n) is 1.31. The topological polar surface area (TPSA) is 57.6 Å². The Labute approximate surface area is 95.9 Å². The Kier molecular flexibility index (Phi) is 3.72. The maximum absolute atomic E-state index is 12.0. The van der Waals surface area contributed by atoms with Gasteiger partial charge in [0, 0.05) is 13.6 Å². The third kappa shape index (κ3) is 2.62. The molecule has 0 aliphatic rings. The molecular weight excluding hydrogens is 226 g/mol. The van der Waals surface area contributed by atoms with Crippen molar-refractivity contribution in [3.05, 3.63) is 36.4 Å². The summed E-state index contributed by atoms with van der Waals surface area (Å²) in [5.41, 5.74) is 0.737. The summed E-state index contributed by atoms with van der Waals surface area (Å²) < 4.78 is 25.2. The van der Waals surface area contributed by atoms with E-state index in [0.29, 0.717) is 0 Å². The largest absolute Gasteiger partial charge is 0.507 e. The molecule has 0 bridgehead atoms. The smallest absolute Gasteiger partial charge is 0.246 e. The van der Waals surface area contributed by atoms with Gasteiger partial charge < -0.3 is 5.11 Å². The lowest BCUT2D eigenvalue weighted by molar-refractivity contribution is 0.448. The molecule has 0 atom stereocenters. The van der Waals surface area contributed by atoms with Crippen LogP contribution in [0.4, 0.5) is 0 Å². The Morgan fingerprint density at radius 1 is 1.44 bits per heavy atom. The van der Waals surface area contributed by atoms with E-state index in [2.05, 4.69) is 6.58 Å². The van der Waals surface area contributed by atoms with Crippen LogP contribution in [0.25, 0.3) is 0 Å².